The number of aliphatic hydroxyl groups is 4. The first-order chi connectivity index (χ1) is 6.61. The number of ether oxygens (including phenoxy) is 1. The van der Waals surface area contributed by atoms with Crippen LogP contribution in [-0.2, 0) is 9.53 Å². The second kappa shape index (κ2) is 4.81. The van der Waals surface area contributed by atoms with Gasteiger partial charge in [-0.2, -0.15) is 0 Å². The molecule has 0 aromatic rings. The number of rotatable bonds is 3. The van der Waals surface area contributed by atoms with Crippen LogP contribution < -0.4 is 0 Å². The Morgan fingerprint density at radius 1 is 1.14 bits per heavy atom. The molecule has 1 aliphatic heterocycles. The summed E-state index contributed by atoms with van der Waals surface area (Å²) in [5, 5.41) is 36.7. The molecular weight excluding hydrogens is 192 g/mol. The number of aliphatic hydroxyl groups excluding tert-OH is 4. The van der Waals surface area contributed by atoms with Crippen LogP contribution >= 0.6 is 0 Å². The minimum atomic E-state index is -1.43. The highest BCUT2D eigenvalue weighted by molar-refractivity contribution is 5.62. The van der Waals surface area contributed by atoms with Crippen LogP contribution in [-0.4, -0.2) is 63.8 Å². The van der Waals surface area contributed by atoms with Crippen molar-refractivity contribution in [3.8, 4) is 0 Å². The van der Waals surface area contributed by atoms with Gasteiger partial charge >= 0.3 is 0 Å². The molecule has 0 amide bonds. The van der Waals surface area contributed by atoms with E-state index in [-0.39, 0.29) is 0 Å². The van der Waals surface area contributed by atoms with E-state index in [9.17, 15) is 20.1 Å². The number of hydrogen-bond donors (Lipinski definition) is 4. The lowest BCUT2D eigenvalue weighted by molar-refractivity contribution is -0.220. The average molecular weight is 205 g/mol. The van der Waals surface area contributed by atoms with Crippen LogP contribution in [0.15, 0.2) is 0 Å². The molecule has 1 radical (unpaired) electrons. The highest BCUT2D eigenvalue weighted by Crippen LogP contribution is 2.21. The fraction of sp³-hybridized carbons (Fsp3) is 0.750. The second-order valence-electron chi connectivity index (χ2n) is 3.12. The smallest absolute Gasteiger partial charge is 0.126 e. The van der Waals surface area contributed by atoms with Crippen LogP contribution in [0.4, 0.5) is 0 Å². The summed E-state index contributed by atoms with van der Waals surface area (Å²) < 4.78 is 4.97. The van der Waals surface area contributed by atoms with E-state index in [1.54, 1.807) is 0 Å². The van der Waals surface area contributed by atoms with Crippen LogP contribution in [0.2, 0.25) is 0 Å². The van der Waals surface area contributed by atoms with E-state index in [0.29, 0.717) is 6.29 Å². The molecule has 0 aliphatic carbocycles. The Hall–Kier alpha value is -0.530. The van der Waals surface area contributed by atoms with Gasteiger partial charge in [0.05, 0.1) is 19.1 Å². The molecule has 5 atom stereocenters. The lowest BCUT2D eigenvalue weighted by atomic mass is 9.94. The predicted molar refractivity (Wildman–Crippen MR) is 44.1 cm³/mol. The van der Waals surface area contributed by atoms with E-state index in [4.69, 9.17) is 9.84 Å². The fourth-order valence-corrected chi connectivity index (χ4v) is 1.37. The highest BCUT2D eigenvalue weighted by Gasteiger charge is 2.42. The molecule has 1 saturated heterocycles. The minimum absolute atomic E-state index is 0.423. The van der Waals surface area contributed by atoms with E-state index < -0.39 is 37.1 Å². The van der Waals surface area contributed by atoms with Gasteiger partial charge in [0.15, 0.2) is 0 Å². The molecule has 1 aliphatic rings. The zero-order chi connectivity index (χ0) is 10.7. The topological polar surface area (TPSA) is 107 Å². The van der Waals surface area contributed by atoms with Crippen molar-refractivity contribution in [1.29, 1.82) is 0 Å². The second-order valence-corrected chi connectivity index (χ2v) is 3.12. The van der Waals surface area contributed by atoms with E-state index in [2.05, 4.69) is 0 Å². The SMILES string of the molecule is O=C[CH]C1O[C@H](CO)[C@@H](O)[C@H](O)[C@H]1O. The first-order valence-corrected chi connectivity index (χ1v) is 4.21. The van der Waals surface area contributed by atoms with Gasteiger partial charge in [-0.3, -0.25) is 0 Å². The summed E-state index contributed by atoms with van der Waals surface area (Å²) >= 11 is 0. The van der Waals surface area contributed by atoms with Crippen molar-refractivity contribution in [3.63, 3.8) is 0 Å². The van der Waals surface area contributed by atoms with Crippen LogP contribution in [0.3, 0.4) is 0 Å². The Labute approximate surface area is 80.7 Å². The van der Waals surface area contributed by atoms with E-state index >= 15 is 0 Å². The van der Waals surface area contributed by atoms with Crippen molar-refractivity contribution in [2.24, 2.45) is 0 Å². The highest BCUT2D eigenvalue weighted by atomic mass is 16.5. The van der Waals surface area contributed by atoms with E-state index in [1.807, 2.05) is 0 Å². The van der Waals surface area contributed by atoms with Crippen LogP contribution in [0.5, 0.6) is 0 Å². The van der Waals surface area contributed by atoms with E-state index in [0.717, 1.165) is 6.42 Å². The molecule has 1 rings (SSSR count). The molecule has 0 aromatic carbocycles. The molecule has 0 bridgehead atoms. The Bertz CT molecular complexity index is 194. The molecule has 0 aromatic heterocycles. The summed E-state index contributed by atoms with van der Waals surface area (Å²) in [6.45, 7) is -0.492. The number of carbonyl (C=O) groups is 1. The van der Waals surface area contributed by atoms with Crippen molar-refractivity contribution in [1.82, 2.24) is 0 Å². The third-order valence-electron chi connectivity index (χ3n) is 2.20. The molecular formula is C8H13O6. The quantitative estimate of drug-likeness (QED) is 0.372. The molecule has 1 unspecified atom stereocenters. The average Bonchev–Trinajstić information content (AvgIpc) is 2.19. The largest absolute Gasteiger partial charge is 0.394 e. The number of aldehydes is 1. The maximum absolute atomic E-state index is 10.1. The molecule has 14 heavy (non-hydrogen) atoms. The zero-order valence-corrected chi connectivity index (χ0v) is 7.35. The maximum atomic E-state index is 10.1. The fourth-order valence-electron chi connectivity index (χ4n) is 1.37. The van der Waals surface area contributed by atoms with Crippen molar-refractivity contribution in [2.75, 3.05) is 6.61 Å². The van der Waals surface area contributed by atoms with Crippen molar-refractivity contribution in [3.05, 3.63) is 6.42 Å². The standard InChI is InChI=1S/C8H13O6/c9-2-1-4-6(11)8(13)7(12)5(3-10)14-4/h1-2,4-8,10-13H,3H2/t4?,5-,6+,7-,8-/m1/s1. The summed E-state index contributed by atoms with van der Waals surface area (Å²) in [5.74, 6) is 0. The van der Waals surface area contributed by atoms with Gasteiger partial charge in [0.2, 0.25) is 0 Å². The molecule has 0 spiro atoms. The normalized spacial score (nSPS) is 43.6. The van der Waals surface area contributed by atoms with Crippen LogP contribution in [0.25, 0.3) is 0 Å². The van der Waals surface area contributed by atoms with Gasteiger partial charge in [0, 0.05) is 0 Å². The van der Waals surface area contributed by atoms with Gasteiger partial charge in [-0.25, -0.2) is 0 Å². The molecule has 1 heterocycles. The molecule has 1 fully saturated rings. The van der Waals surface area contributed by atoms with Gasteiger partial charge in [-0.1, -0.05) is 0 Å². The monoisotopic (exact) mass is 205 g/mol. The first kappa shape index (κ1) is 11.5. The molecule has 6 heteroatoms. The van der Waals surface area contributed by atoms with Crippen LogP contribution in [0, 0.1) is 6.42 Å². The molecule has 6 nitrogen and oxygen atoms in total. The molecule has 81 valence electrons. The van der Waals surface area contributed by atoms with Crippen LogP contribution in [0.1, 0.15) is 0 Å². The summed E-state index contributed by atoms with van der Waals surface area (Å²) in [6.07, 6.45) is -4.70. The lowest BCUT2D eigenvalue weighted by Crippen LogP contribution is -2.58. The van der Waals surface area contributed by atoms with E-state index in [1.165, 1.54) is 0 Å². The first-order valence-electron chi connectivity index (χ1n) is 4.21. The molecule has 0 saturated carbocycles. The van der Waals surface area contributed by atoms with Gasteiger partial charge < -0.3 is 30.0 Å². The molecule has 4 N–H and O–H groups in total. The summed E-state index contributed by atoms with van der Waals surface area (Å²) in [7, 11) is 0. The third kappa shape index (κ3) is 2.10. The summed E-state index contributed by atoms with van der Waals surface area (Å²) in [6, 6.07) is 0. The Kier molecular flexibility index (Phi) is 3.97. The number of carbonyl (C=O) groups excluding carboxylic acids is 1. The Morgan fingerprint density at radius 3 is 2.29 bits per heavy atom. The Morgan fingerprint density at radius 2 is 1.79 bits per heavy atom. The van der Waals surface area contributed by atoms with Gasteiger partial charge in [0.25, 0.3) is 0 Å². The zero-order valence-electron chi connectivity index (χ0n) is 7.35. The lowest BCUT2D eigenvalue weighted by Gasteiger charge is -2.39. The van der Waals surface area contributed by atoms with Crippen molar-refractivity contribution >= 4 is 6.29 Å². The summed E-state index contributed by atoms with van der Waals surface area (Å²) in [4.78, 5) is 10.1. The predicted octanol–water partition coefficient (Wildman–Crippen LogP) is -2.77. The number of hydrogen-bond acceptors (Lipinski definition) is 6. The van der Waals surface area contributed by atoms with Gasteiger partial charge in [-0.05, 0) is 0 Å². The summed E-state index contributed by atoms with van der Waals surface area (Å²) in [5.41, 5.74) is 0. The van der Waals surface area contributed by atoms with Crippen molar-refractivity contribution in [2.45, 2.75) is 30.5 Å². The minimum Gasteiger partial charge on any atom is -0.394 e. The van der Waals surface area contributed by atoms with Gasteiger partial charge in [-0.15, -0.1) is 0 Å². The van der Waals surface area contributed by atoms with Gasteiger partial charge in [0.1, 0.15) is 30.7 Å². The maximum Gasteiger partial charge on any atom is 0.126 e. The Balaban J connectivity index is 2.67. The van der Waals surface area contributed by atoms with Crippen molar-refractivity contribution < 1.29 is 30.0 Å². The third-order valence-corrected chi connectivity index (χ3v) is 2.20.